The first-order valence-corrected chi connectivity index (χ1v) is 9.17. The van der Waals surface area contributed by atoms with Gasteiger partial charge in [-0.3, -0.25) is 4.90 Å². The number of methoxy groups -OCH3 is 2. The van der Waals surface area contributed by atoms with Crippen LogP contribution in [0.4, 0.5) is 0 Å². The molecule has 2 heterocycles. The molecule has 4 aliphatic rings. The Labute approximate surface area is 149 Å². The fraction of sp³-hybridized carbons (Fsp3) is 0.524. The van der Waals surface area contributed by atoms with E-state index >= 15 is 0 Å². The van der Waals surface area contributed by atoms with Gasteiger partial charge in [-0.05, 0) is 31.0 Å². The normalized spacial score (nSPS) is 37.4. The second-order valence-corrected chi connectivity index (χ2v) is 7.63. The molecule has 4 nitrogen and oxygen atoms in total. The van der Waals surface area contributed by atoms with Gasteiger partial charge in [0, 0.05) is 36.6 Å². The number of benzene rings is 1. The van der Waals surface area contributed by atoms with Crippen molar-refractivity contribution in [2.24, 2.45) is 5.92 Å². The van der Waals surface area contributed by atoms with Gasteiger partial charge in [-0.2, -0.15) is 0 Å². The van der Waals surface area contributed by atoms with Crippen LogP contribution in [0.15, 0.2) is 36.9 Å². The van der Waals surface area contributed by atoms with Gasteiger partial charge in [0.1, 0.15) is 12.2 Å². The van der Waals surface area contributed by atoms with Gasteiger partial charge in [0.15, 0.2) is 11.5 Å². The summed E-state index contributed by atoms with van der Waals surface area (Å²) >= 11 is 0. The molecule has 0 N–H and O–H groups in total. The summed E-state index contributed by atoms with van der Waals surface area (Å²) in [5.41, 5.74) is 2.82. The van der Waals surface area contributed by atoms with Crippen molar-refractivity contribution >= 4 is 0 Å². The highest BCUT2D eigenvalue weighted by Crippen LogP contribution is 2.62. The number of hydrogen-bond acceptors (Lipinski definition) is 4. The molecule has 2 bridgehead atoms. The molecular weight excluding hydrogens is 314 g/mol. The van der Waals surface area contributed by atoms with E-state index in [-0.39, 0.29) is 17.6 Å². The van der Waals surface area contributed by atoms with Gasteiger partial charge >= 0.3 is 0 Å². The second-order valence-electron chi connectivity index (χ2n) is 7.63. The van der Waals surface area contributed by atoms with Crippen LogP contribution in [0.5, 0.6) is 11.5 Å². The third kappa shape index (κ3) is 1.79. The van der Waals surface area contributed by atoms with Crippen LogP contribution in [0.2, 0.25) is 0 Å². The van der Waals surface area contributed by atoms with E-state index in [4.69, 9.17) is 14.2 Å². The molecule has 1 aromatic rings. The molecule has 5 atom stereocenters. The smallest absolute Gasteiger partial charge is 0.165 e. The molecule has 1 saturated heterocycles. The van der Waals surface area contributed by atoms with Crippen molar-refractivity contribution in [2.45, 2.75) is 36.5 Å². The molecule has 1 fully saturated rings. The maximum Gasteiger partial charge on any atom is 0.165 e. The summed E-state index contributed by atoms with van der Waals surface area (Å²) in [5.74, 6) is 2.26. The molecule has 1 spiro atoms. The zero-order valence-electron chi connectivity index (χ0n) is 14.9. The lowest BCUT2D eigenvalue weighted by Crippen LogP contribution is -2.65. The number of likely N-dealkylation sites (tertiary alicyclic amines) is 1. The van der Waals surface area contributed by atoms with Crippen LogP contribution < -0.4 is 9.47 Å². The van der Waals surface area contributed by atoms with Crippen molar-refractivity contribution in [1.82, 2.24) is 4.90 Å². The summed E-state index contributed by atoms with van der Waals surface area (Å²) in [6.07, 6.45) is 8.80. The molecule has 5 rings (SSSR count). The number of rotatable bonds is 4. The lowest BCUT2D eigenvalue weighted by molar-refractivity contribution is -0.0610. The van der Waals surface area contributed by atoms with Crippen molar-refractivity contribution in [3.05, 3.63) is 48.1 Å². The lowest BCUT2D eigenvalue weighted by atomic mass is 9.53. The van der Waals surface area contributed by atoms with E-state index in [0.29, 0.717) is 12.0 Å². The Bertz CT molecular complexity index is 758. The Morgan fingerprint density at radius 2 is 2.24 bits per heavy atom. The summed E-state index contributed by atoms with van der Waals surface area (Å²) in [7, 11) is 3.51. The van der Waals surface area contributed by atoms with Crippen molar-refractivity contribution in [1.29, 1.82) is 0 Å². The van der Waals surface area contributed by atoms with Crippen molar-refractivity contribution in [3.63, 3.8) is 0 Å². The van der Waals surface area contributed by atoms with Gasteiger partial charge in [-0.1, -0.05) is 24.3 Å². The fourth-order valence-corrected chi connectivity index (χ4v) is 5.86. The van der Waals surface area contributed by atoms with Crippen LogP contribution >= 0.6 is 0 Å². The number of piperidine rings is 1. The SMILES string of the molecule is C=CCN1CC[C@]23c4c5ccc(OC)c4O[C@H]2[C@@H](OC)C=CC3C1C5. The molecular formula is C21H25NO3. The molecule has 2 unspecified atom stereocenters. The predicted octanol–water partition coefficient (Wildman–Crippen LogP) is 2.71. The van der Waals surface area contributed by atoms with E-state index in [1.165, 1.54) is 11.1 Å². The molecule has 132 valence electrons. The molecule has 2 aliphatic carbocycles. The van der Waals surface area contributed by atoms with Gasteiger partial charge in [-0.25, -0.2) is 0 Å². The topological polar surface area (TPSA) is 30.9 Å². The first-order chi connectivity index (χ1) is 12.2. The molecule has 0 radical (unpaired) electrons. The zero-order chi connectivity index (χ0) is 17.2. The standard InChI is InChI=1S/C21H25NO3/c1-4-10-22-11-9-21-14-6-8-17(24-3)20(21)25-19-16(23-2)7-5-13(18(19)21)12-15(14)22/h4-8,14-15,17,20H,1,9-12H2,2-3H3/t14?,15?,17-,20-,21-/m0/s1. The monoisotopic (exact) mass is 339 g/mol. The van der Waals surface area contributed by atoms with E-state index in [2.05, 4.69) is 35.8 Å². The highest BCUT2D eigenvalue weighted by Gasteiger charge is 2.64. The Hall–Kier alpha value is -1.78. The minimum absolute atomic E-state index is 0.00842. The fourth-order valence-electron chi connectivity index (χ4n) is 5.86. The van der Waals surface area contributed by atoms with Crippen LogP contribution in [0, 0.1) is 5.92 Å². The molecule has 1 aromatic carbocycles. The molecule has 25 heavy (non-hydrogen) atoms. The van der Waals surface area contributed by atoms with Crippen LogP contribution in [0.1, 0.15) is 17.5 Å². The van der Waals surface area contributed by atoms with E-state index in [9.17, 15) is 0 Å². The largest absolute Gasteiger partial charge is 0.493 e. The second kappa shape index (κ2) is 5.36. The Morgan fingerprint density at radius 3 is 3.00 bits per heavy atom. The summed E-state index contributed by atoms with van der Waals surface area (Å²) in [5, 5.41) is 0. The maximum absolute atomic E-state index is 6.56. The highest BCUT2D eigenvalue weighted by atomic mass is 16.6. The minimum atomic E-state index is -0.00842. The number of hydrogen-bond donors (Lipinski definition) is 0. The molecule has 2 aliphatic heterocycles. The van der Waals surface area contributed by atoms with E-state index in [0.717, 1.165) is 37.4 Å². The lowest BCUT2D eigenvalue weighted by Gasteiger charge is -2.57. The third-order valence-electron chi connectivity index (χ3n) is 6.81. The number of ether oxygens (including phenoxy) is 3. The molecule has 4 heteroatoms. The third-order valence-corrected chi connectivity index (χ3v) is 6.81. The summed E-state index contributed by atoms with van der Waals surface area (Å²) in [4.78, 5) is 2.59. The van der Waals surface area contributed by atoms with Gasteiger partial charge < -0.3 is 14.2 Å². The van der Waals surface area contributed by atoms with Crippen LogP contribution in [-0.2, 0) is 16.6 Å². The van der Waals surface area contributed by atoms with Gasteiger partial charge in [0.2, 0.25) is 0 Å². The van der Waals surface area contributed by atoms with Gasteiger partial charge in [-0.15, -0.1) is 6.58 Å². The van der Waals surface area contributed by atoms with Crippen molar-refractivity contribution in [3.8, 4) is 11.5 Å². The van der Waals surface area contributed by atoms with Gasteiger partial charge in [0.05, 0.1) is 7.11 Å². The Kier molecular flexibility index (Phi) is 3.32. The molecule has 0 saturated carbocycles. The van der Waals surface area contributed by atoms with E-state index in [1.54, 1.807) is 14.2 Å². The van der Waals surface area contributed by atoms with Crippen LogP contribution in [-0.4, -0.2) is 50.5 Å². The van der Waals surface area contributed by atoms with Crippen LogP contribution in [0.25, 0.3) is 0 Å². The highest BCUT2D eigenvalue weighted by molar-refractivity contribution is 5.62. The number of nitrogens with zero attached hydrogens (tertiary/aromatic N) is 1. The van der Waals surface area contributed by atoms with E-state index < -0.39 is 0 Å². The summed E-state index contributed by atoms with van der Waals surface area (Å²) in [6, 6.07) is 4.80. The predicted molar refractivity (Wildman–Crippen MR) is 96.4 cm³/mol. The quantitative estimate of drug-likeness (QED) is 0.789. The first-order valence-electron chi connectivity index (χ1n) is 9.17. The Morgan fingerprint density at radius 1 is 1.36 bits per heavy atom. The zero-order valence-corrected chi connectivity index (χ0v) is 14.9. The average Bonchev–Trinajstić information content (AvgIpc) is 2.98. The first kappa shape index (κ1) is 15.5. The van der Waals surface area contributed by atoms with Crippen molar-refractivity contribution < 1.29 is 14.2 Å². The Balaban J connectivity index is 1.74. The molecule has 0 aromatic heterocycles. The van der Waals surface area contributed by atoms with Crippen LogP contribution in [0.3, 0.4) is 0 Å². The maximum atomic E-state index is 6.56. The van der Waals surface area contributed by atoms with Crippen molar-refractivity contribution in [2.75, 3.05) is 27.3 Å². The summed E-state index contributed by atoms with van der Waals surface area (Å²) < 4.78 is 18.0. The minimum Gasteiger partial charge on any atom is -0.493 e. The van der Waals surface area contributed by atoms with Gasteiger partial charge in [0.25, 0.3) is 0 Å². The summed E-state index contributed by atoms with van der Waals surface area (Å²) in [6.45, 7) is 5.98. The molecule has 0 amide bonds. The van der Waals surface area contributed by atoms with E-state index in [1.807, 2.05) is 6.08 Å². The average molecular weight is 339 g/mol.